The van der Waals surface area contributed by atoms with Crippen molar-refractivity contribution in [1.82, 2.24) is 9.71 Å². The van der Waals surface area contributed by atoms with Crippen LogP contribution in [0.3, 0.4) is 0 Å². The van der Waals surface area contributed by atoms with E-state index in [1.165, 1.54) is 23.0 Å². The standard InChI is InChI=1S/C18H17ClN2O2S2/c1-13-7-8-16(10-17(13)19)25(22,23)21-12-18-20-11-15(24-18)9-14-5-3-2-4-6-14/h2-8,10-11,21H,9,12H2,1H3. The van der Waals surface area contributed by atoms with Gasteiger partial charge in [0.25, 0.3) is 0 Å². The van der Waals surface area contributed by atoms with Crippen LogP contribution in [0.1, 0.15) is 21.0 Å². The van der Waals surface area contributed by atoms with Crippen molar-refractivity contribution >= 4 is 33.0 Å². The lowest BCUT2D eigenvalue weighted by Crippen LogP contribution is -2.23. The van der Waals surface area contributed by atoms with E-state index in [4.69, 9.17) is 11.6 Å². The van der Waals surface area contributed by atoms with Crippen LogP contribution in [0, 0.1) is 6.92 Å². The number of hydrogen-bond donors (Lipinski definition) is 1. The van der Waals surface area contributed by atoms with Gasteiger partial charge in [-0.25, -0.2) is 18.1 Å². The molecule has 0 unspecified atom stereocenters. The van der Waals surface area contributed by atoms with Gasteiger partial charge in [0.05, 0.1) is 11.4 Å². The summed E-state index contributed by atoms with van der Waals surface area (Å²) in [4.78, 5) is 5.56. The summed E-state index contributed by atoms with van der Waals surface area (Å²) in [7, 11) is -3.62. The van der Waals surface area contributed by atoms with E-state index in [2.05, 4.69) is 21.8 Å². The number of nitrogens with zero attached hydrogens (tertiary/aromatic N) is 1. The van der Waals surface area contributed by atoms with Crippen LogP contribution in [0.2, 0.25) is 5.02 Å². The largest absolute Gasteiger partial charge is 0.248 e. The van der Waals surface area contributed by atoms with Crippen molar-refractivity contribution < 1.29 is 8.42 Å². The van der Waals surface area contributed by atoms with Crippen molar-refractivity contribution in [2.24, 2.45) is 0 Å². The molecule has 0 spiro atoms. The molecule has 0 aliphatic heterocycles. The molecule has 130 valence electrons. The van der Waals surface area contributed by atoms with Gasteiger partial charge in [0.1, 0.15) is 5.01 Å². The van der Waals surface area contributed by atoms with Gasteiger partial charge in [-0.2, -0.15) is 0 Å². The van der Waals surface area contributed by atoms with E-state index in [9.17, 15) is 8.42 Å². The van der Waals surface area contributed by atoms with Crippen LogP contribution in [-0.4, -0.2) is 13.4 Å². The van der Waals surface area contributed by atoms with Crippen LogP contribution < -0.4 is 4.72 Å². The number of rotatable bonds is 6. The number of sulfonamides is 1. The van der Waals surface area contributed by atoms with Crippen LogP contribution in [-0.2, 0) is 23.0 Å². The maximum absolute atomic E-state index is 12.4. The van der Waals surface area contributed by atoms with Gasteiger partial charge in [-0.1, -0.05) is 48.0 Å². The molecule has 0 bridgehead atoms. The number of aryl methyl sites for hydroxylation is 1. The second kappa shape index (κ2) is 7.66. The molecule has 0 aliphatic rings. The van der Waals surface area contributed by atoms with Gasteiger partial charge in [0.2, 0.25) is 10.0 Å². The second-order valence-electron chi connectivity index (χ2n) is 5.62. The molecular formula is C18H17ClN2O2S2. The molecule has 0 atom stereocenters. The van der Waals surface area contributed by atoms with Gasteiger partial charge < -0.3 is 0 Å². The molecule has 1 N–H and O–H groups in total. The van der Waals surface area contributed by atoms with E-state index in [0.717, 1.165) is 21.9 Å². The number of halogens is 1. The summed E-state index contributed by atoms with van der Waals surface area (Å²) < 4.78 is 27.3. The zero-order valence-corrected chi connectivity index (χ0v) is 16.0. The summed E-state index contributed by atoms with van der Waals surface area (Å²) in [6, 6.07) is 14.8. The number of nitrogens with one attached hydrogen (secondary N) is 1. The molecule has 1 heterocycles. The molecular weight excluding hydrogens is 376 g/mol. The Labute approximate surface area is 156 Å². The van der Waals surface area contributed by atoms with Crippen molar-refractivity contribution in [3.05, 3.63) is 80.8 Å². The molecule has 0 radical (unpaired) electrons. The van der Waals surface area contributed by atoms with E-state index in [-0.39, 0.29) is 11.4 Å². The molecule has 3 aromatic rings. The first-order chi connectivity index (χ1) is 11.9. The third-order valence-corrected chi connectivity index (χ3v) is 6.49. The fraction of sp³-hybridized carbons (Fsp3) is 0.167. The fourth-order valence-corrected chi connectivity index (χ4v) is 4.54. The maximum atomic E-state index is 12.4. The first-order valence-electron chi connectivity index (χ1n) is 7.67. The van der Waals surface area contributed by atoms with Gasteiger partial charge in [-0.3, -0.25) is 0 Å². The highest BCUT2D eigenvalue weighted by Crippen LogP contribution is 2.21. The van der Waals surface area contributed by atoms with Gasteiger partial charge >= 0.3 is 0 Å². The number of thiazole rings is 1. The topological polar surface area (TPSA) is 59.1 Å². The fourth-order valence-electron chi connectivity index (χ4n) is 2.29. The zero-order valence-electron chi connectivity index (χ0n) is 13.6. The molecule has 0 saturated carbocycles. The predicted octanol–water partition coefficient (Wildman–Crippen LogP) is 4.17. The number of aromatic nitrogens is 1. The molecule has 0 saturated heterocycles. The summed E-state index contributed by atoms with van der Waals surface area (Å²) in [6.07, 6.45) is 2.59. The highest BCUT2D eigenvalue weighted by atomic mass is 35.5. The third kappa shape index (κ3) is 4.67. The van der Waals surface area contributed by atoms with Gasteiger partial charge in [-0.05, 0) is 30.2 Å². The summed E-state index contributed by atoms with van der Waals surface area (Å²) in [6.45, 7) is 1.99. The lowest BCUT2D eigenvalue weighted by molar-refractivity contribution is 0.581. The number of benzene rings is 2. The van der Waals surface area contributed by atoms with Crippen molar-refractivity contribution in [3.8, 4) is 0 Å². The average Bonchev–Trinajstić information content (AvgIpc) is 3.04. The molecule has 0 amide bonds. The lowest BCUT2D eigenvalue weighted by Gasteiger charge is -2.06. The minimum Gasteiger partial charge on any atom is -0.248 e. The minimum atomic E-state index is -3.62. The summed E-state index contributed by atoms with van der Waals surface area (Å²) in [5, 5.41) is 1.16. The minimum absolute atomic E-state index is 0.157. The molecule has 0 aliphatic carbocycles. The quantitative estimate of drug-likeness (QED) is 0.684. The Morgan fingerprint density at radius 2 is 1.92 bits per heavy atom. The van der Waals surface area contributed by atoms with E-state index >= 15 is 0 Å². The highest BCUT2D eigenvalue weighted by Gasteiger charge is 2.15. The Bertz CT molecular complexity index is 970. The summed E-state index contributed by atoms with van der Waals surface area (Å²) in [5.74, 6) is 0. The highest BCUT2D eigenvalue weighted by molar-refractivity contribution is 7.89. The number of hydrogen-bond acceptors (Lipinski definition) is 4. The van der Waals surface area contributed by atoms with Gasteiger partial charge in [0, 0.05) is 22.5 Å². The van der Waals surface area contributed by atoms with Crippen LogP contribution in [0.4, 0.5) is 0 Å². The molecule has 3 rings (SSSR count). The maximum Gasteiger partial charge on any atom is 0.241 e. The molecule has 25 heavy (non-hydrogen) atoms. The molecule has 7 heteroatoms. The normalized spacial score (nSPS) is 11.6. The molecule has 1 aromatic heterocycles. The average molecular weight is 393 g/mol. The van der Waals surface area contributed by atoms with Crippen LogP contribution in [0.5, 0.6) is 0 Å². The summed E-state index contributed by atoms with van der Waals surface area (Å²) in [5.41, 5.74) is 2.04. The predicted molar refractivity (Wildman–Crippen MR) is 102 cm³/mol. The first kappa shape index (κ1) is 18.1. The lowest BCUT2D eigenvalue weighted by atomic mass is 10.1. The smallest absolute Gasteiger partial charge is 0.241 e. The molecule has 4 nitrogen and oxygen atoms in total. The van der Waals surface area contributed by atoms with Crippen molar-refractivity contribution in [2.45, 2.75) is 24.8 Å². The van der Waals surface area contributed by atoms with E-state index in [1.54, 1.807) is 18.3 Å². The van der Waals surface area contributed by atoms with Gasteiger partial charge in [-0.15, -0.1) is 11.3 Å². The van der Waals surface area contributed by atoms with E-state index in [0.29, 0.717) is 5.02 Å². The Balaban J connectivity index is 1.66. The van der Waals surface area contributed by atoms with Crippen molar-refractivity contribution in [3.63, 3.8) is 0 Å². The monoisotopic (exact) mass is 392 g/mol. The van der Waals surface area contributed by atoms with Crippen LogP contribution in [0.25, 0.3) is 0 Å². The second-order valence-corrected chi connectivity index (χ2v) is 8.99. The summed E-state index contributed by atoms with van der Waals surface area (Å²) >= 11 is 7.52. The first-order valence-corrected chi connectivity index (χ1v) is 10.3. The van der Waals surface area contributed by atoms with Crippen LogP contribution >= 0.6 is 22.9 Å². The van der Waals surface area contributed by atoms with Gasteiger partial charge in [0.15, 0.2) is 0 Å². The molecule has 2 aromatic carbocycles. The molecule has 0 fully saturated rings. The Morgan fingerprint density at radius 3 is 2.64 bits per heavy atom. The van der Waals surface area contributed by atoms with E-state index in [1.807, 2.05) is 25.1 Å². The SMILES string of the molecule is Cc1ccc(S(=O)(=O)NCc2ncc(Cc3ccccc3)s2)cc1Cl. The van der Waals surface area contributed by atoms with Crippen LogP contribution in [0.15, 0.2) is 59.6 Å². The Morgan fingerprint density at radius 1 is 1.16 bits per heavy atom. The Hall–Kier alpha value is -1.73. The zero-order chi connectivity index (χ0) is 17.9. The van der Waals surface area contributed by atoms with Crippen molar-refractivity contribution in [2.75, 3.05) is 0 Å². The van der Waals surface area contributed by atoms with E-state index < -0.39 is 10.0 Å². The Kier molecular flexibility index (Phi) is 5.54. The third-order valence-electron chi connectivity index (χ3n) is 3.69. The van der Waals surface area contributed by atoms with Crippen molar-refractivity contribution in [1.29, 1.82) is 0 Å².